The highest BCUT2D eigenvalue weighted by molar-refractivity contribution is 7.13. The van der Waals surface area contributed by atoms with Crippen molar-refractivity contribution in [1.82, 2.24) is 0 Å². The molecule has 1 amide bonds. The number of hydrogen-bond acceptors (Lipinski definition) is 4. The molecule has 140 valence electrons. The highest BCUT2D eigenvalue weighted by atomic mass is 32.1. The third kappa shape index (κ3) is 3.90. The van der Waals surface area contributed by atoms with Crippen LogP contribution in [0.15, 0.2) is 60.0 Å². The summed E-state index contributed by atoms with van der Waals surface area (Å²) < 4.78 is 45.0. The molecule has 4 nitrogen and oxygen atoms in total. The zero-order chi connectivity index (χ0) is 19.6. The Bertz CT molecular complexity index is 956. The number of nitrogen functional groups attached to an aromatic ring is 1. The van der Waals surface area contributed by atoms with Gasteiger partial charge in [-0.05, 0) is 41.3 Å². The van der Waals surface area contributed by atoms with E-state index in [4.69, 9.17) is 10.5 Å². The van der Waals surface area contributed by atoms with E-state index in [2.05, 4.69) is 0 Å². The third-order valence-corrected chi connectivity index (χ3v) is 4.75. The van der Waals surface area contributed by atoms with Gasteiger partial charge >= 0.3 is 12.1 Å². The van der Waals surface area contributed by atoms with Crippen molar-refractivity contribution in [3.05, 3.63) is 60.0 Å². The van der Waals surface area contributed by atoms with Crippen molar-refractivity contribution in [2.45, 2.75) is 6.18 Å². The zero-order valence-corrected chi connectivity index (χ0v) is 15.0. The Balaban J connectivity index is 2.18. The van der Waals surface area contributed by atoms with Crippen molar-refractivity contribution in [2.75, 3.05) is 17.7 Å². The predicted octanol–water partition coefficient (Wildman–Crippen LogP) is 5.23. The number of nitrogens with zero attached hydrogens (tertiary/aromatic N) is 1. The van der Waals surface area contributed by atoms with Crippen molar-refractivity contribution in [2.24, 2.45) is 0 Å². The highest BCUT2D eigenvalue weighted by Crippen LogP contribution is 2.39. The Morgan fingerprint density at radius 3 is 2.52 bits per heavy atom. The number of carbonyl (C=O) groups is 1. The number of alkyl halides is 3. The van der Waals surface area contributed by atoms with E-state index in [0.29, 0.717) is 16.2 Å². The molecule has 0 aliphatic rings. The van der Waals surface area contributed by atoms with Gasteiger partial charge in [0.15, 0.2) is 0 Å². The fraction of sp³-hybridized carbons (Fsp3) is 0.105. The summed E-state index contributed by atoms with van der Waals surface area (Å²) in [7, 11) is 1.39. The highest BCUT2D eigenvalue weighted by Gasteiger charge is 2.44. The lowest BCUT2D eigenvalue weighted by atomic mass is 10.1. The first-order chi connectivity index (χ1) is 12.8. The number of nitrogens with two attached hydrogens (primary N) is 1. The van der Waals surface area contributed by atoms with Crippen LogP contribution in [0.2, 0.25) is 0 Å². The fourth-order valence-electron chi connectivity index (χ4n) is 2.58. The molecule has 0 saturated carbocycles. The van der Waals surface area contributed by atoms with Gasteiger partial charge in [0.25, 0.3) is 0 Å². The number of amides is 1. The molecule has 3 aromatic rings. The van der Waals surface area contributed by atoms with Crippen LogP contribution in [0.25, 0.3) is 10.4 Å². The van der Waals surface area contributed by atoms with Gasteiger partial charge in [-0.15, -0.1) is 11.3 Å². The topological polar surface area (TPSA) is 55.6 Å². The Kier molecular flexibility index (Phi) is 5.09. The van der Waals surface area contributed by atoms with Crippen molar-refractivity contribution in [1.29, 1.82) is 0 Å². The van der Waals surface area contributed by atoms with Crippen molar-refractivity contribution >= 4 is 34.3 Å². The SMILES string of the molecule is COc1cccc(N(C(=O)C(F)(F)F)c2cc(-c3cccs3)ccc2N)c1. The molecule has 3 rings (SSSR count). The Morgan fingerprint density at radius 2 is 1.89 bits per heavy atom. The lowest BCUT2D eigenvalue weighted by molar-refractivity contribution is -0.169. The molecule has 1 aromatic heterocycles. The zero-order valence-electron chi connectivity index (χ0n) is 14.2. The maximum atomic E-state index is 13.3. The summed E-state index contributed by atoms with van der Waals surface area (Å²) in [6.45, 7) is 0. The summed E-state index contributed by atoms with van der Waals surface area (Å²) in [6.07, 6.45) is -5.07. The number of hydrogen-bond donors (Lipinski definition) is 1. The molecular formula is C19H15F3N2O2S. The summed E-state index contributed by atoms with van der Waals surface area (Å²) in [5.74, 6) is -1.72. The third-order valence-electron chi connectivity index (χ3n) is 3.83. The van der Waals surface area contributed by atoms with Crippen LogP contribution >= 0.6 is 11.3 Å². The molecule has 1 heterocycles. The van der Waals surface area contributed by atoms with Gasteiger partial charge in [0.05, 0.1) is 24.2 Å². The Labute approximate surface area is 157 Å². The molecule has 0 aliphatic carbocycles. The minimum absolute atomic E-state index is 0.00621. The van der Waals surface area contributed by atoms with Crippen LogP contribution in [0.5, 0.6) is 5.75 Å². The van der Waals surface area contributed by atoms with Crippen LogP contribution in [0, 0.1) is 0 Å². The van der Waals surface area contributed by atoms with Gasteiger partial charge in [0.2, 0.25) is 0 Å². The van der Waals surface area contributed by atoms with Crippen molar-refractivity contribution in [3.8, 4) is 16.2 Å². The summed E-state index contributed by atoms with van der Waals surface area (Å²) in [5.41, 5.74) is 6.62. The molecular weight excluding hydrogens is 377 g/mol. The number of benzene rings is 2. The largest absolute Gasteiger partial charge is 0.497 e. The van der Waals surface area contributed by atoms with Crippen LogP contribution in [0.4, 0.5) is 30.2 Å². The maximum absolute atomic E-state index is 13.3. The second-order valence-electron chi connectivity index (χ2n) is 5.59. The monoisotopic (exact) mass is 392 g/mol. The quantitative estimate of drug-likeness (QED) is 0.619. The van der Waals surface area contributed by atoms with Gasteiger partial charge in [-0.3, -0.25) is 9.69 Å². The number of carbonyl (C=O) groups excluding carboxylic acids is 1. The second kappa shape index (κ2) is 7.32. The van der Waals surface area contributed by atoms with Gasteiger partial charge < -0.3 is 10.5 Å². The smallest absolute Gasteiger partial charge is 0.472 e. The summed E-state index contributed by atoms with van der Waals surface area (Å²) >= 11 is 1.43. The van der Waals surface area contributed by atoms with E-state index >= 15 is 0 Å². The van der Waals surface area contributed by atoms with Gasteiger partial charge in [0, 0.05) is 10.9 Å². The maximum Gasteiger partial charge on any atom is 0.472 e. The number of halogens is 3. The lowest BCUT2D eigenvalue weighted by Crippen LogP contribution is -2.38. The van der Waals surface area contributed by atoms with E-state index in [0.717, 1.165) is 4.88 Å². The van der Waals surface area contributed by atoms with Crippen molar-refractivity contribution in [3.63, 3.8) is 0 Å². The molecule has 0 atom stereocenters. The number of anilines is 3. The minimum Gasteiger partial charge on any atom is -0.497 e. The second-order valence-corrected chi connectivity index (χ2v) is 6.54. The predicted molar refractivity (Wildman–Crippen MR) is 100 cm³/mol. The molecule has 0 radical (unpaired) electrons. The molecule has 0 aliphatic heterocycles. The lowest BCUT2D eigenvalue weighted by Gasteiger charge is -2.26. The standard InChI is InChI=1S/C19H15F3N2O2S/c1-26-14-5-2-4-13(11-14)24(18(25)19(20,21)22)16-10-12(7-8-15(16)23)17-6-3-9-27-17/h2-11H,23H2,1H3. The number of rotatable bonds is 4. The molecule has 2 aromatic carbocycles. The van der Waals surface area contributed by atoms with E-state index in [1.165, 1.54) is 48.8 Å². The summed E-state index contributed by atoms with van der Waals surface area (Å²) in [5, 5.41) is 1.85. The van der Waals surface area contributed by atoms with Gasteiger partial charge in [0.1, 0.15) is 5.75 Å². The molecule has 8 heteroatoms. The number of thiophene rings is 1. The van der Waals surface area contributed by atoms with E-state index in [1.807, 2.05) is 17.5 Å². The van der Waals surface area contributed by atoms with Crippen molar-refractivity contribution < 1.29 is 22.7 Å². The van der Waals surface area contributed by atoms with Crippen LogP contribution in [-0.2, 0) is 4.79 Å². The van der Waals surface area contributed by atoms with E-state index in [9.17, 15) is 18.0 Å². The molecule has 27 heavy (non-hydrogen) atoms. The van der Waals surface area contributed by atoms with Crippen LogP contribution in [0.3, 0.4) is 0 Å². The van der Waals surface area contributed by atoms with Gasteiger partial charge in [-0.1, -0.05) is 18.2 Å². The first kappa shape index (κ1) is 18.8. The first-order valence-corrected chi connectivity index (χ1v) is 8.68. The molecule has 0 bridgehead atoms. The minimum atomic E-state index is -5.07. The molecule has 0 saturated heterocycles. The number of methoxy groups -OCH3 is 1. The first-order valence-electron chi connectivity index (χ1n) is 7.80. The van der Waals surface area contributed by atoms with Gasteiger partial charge in [-0.2, -0.15) is 13.2 Å². The summed E-state index contributed by atoms with van der Waals surface area (Å²) in [4.78, 5) is 13.6. The average molecular weight is 392 g/mol. The molecule has 0 unspecified atom stereocenters. The molecule has 2 N–H and O–H groups in total. The van der Waals surface area contributed by atoms with E-state index in [1.54, 1.807) is 12.1 Å². The van der Waals surface area contributed by atoms with Crippen LogP contribution in [-0.4, -0.2) is 19.2 Å². The number of ether oxygens (including phenoxy) is 1. The fourth-order valence-corrected chi connectivity index (χ4v) is 3.30. The van der Waals surface area contributed by atoms with E-state index < -0.39 is 12.1 Å². The normalized spacial score (nSPS) is 11.3. The average Bonchev–Trinajstić information content (AvgIpc) is 3.17. The summed E-state index contributed by atoms with van der Waals surface area (Å²) in [6, 6.07) is 14.1. The Hall–Kier alpha value is -3.00. The Morgan fingerprint density at radius 1 is 1.11 bits per heavy atom. The van der Waals surface area contributed by atoms with Gasteiger partial charge in [-0.25, -0.2) is 0 Å². The van der Waals surface area contributed by atoms with E-state index in [-0.39, 0.29) is 17.1 Å². The molecule has 0 spiro atoms. The molecule has 0 fully saturated rings. The van der Waals surface area contributed by atoms with Crippen LogP contribution in [0.1, 0.15) is 0 Å². The van der Waals surface area contributed by atoms with Crippen LogP contribution < -0.4 is 15.4 Å².